The zero-order valence-corrected chi connectivity index (χ0v) is 16.2. The molecule has 0 spiro atoms. The minimum atomic E-state index is -0.792. The number of hydrogen-bond acceptors (Lipinski definition) is 8. The average Bonchev–Trinajstić information content (AvgIpc) is 2.69. The number of carbonyl (C=O) groups is 3. The van der Waals surface area contributed by atoms with Crippen LogP contribution in [0.3, 0.4) is 0 Å². The first-order chi connectivity index (χ1) is 14.0. The maximum atomic E-state index is 13.0. The molecule has 1 saturated heterocycles. The number of benzene rings is 1. The highest BCUT2D eigenvalue weighted by molar-refractivity contribution is 5.91. The molecule has 0 radical (unpaired) electrons. The second-order valence-corrected chi connectivity index (χ2v) is 6.35. The molecule has 29 heavy (non-hydrogen) atoms. The molecule has 8 heteroatoms. The molecule has 154 valence electrons. The number of hydrogen-bond donors (Lipinski definition) is 0. The summed E-state index contributed by atoms with van der Waals surface area (Å²) in [7, 11) is 0. The van der Waals surface area contributed by atoms with Crippen LogP contribution in [0.4, 0.5) is 9.59 Å². The number of ether oxygens (including phenoxy) is 5. The van der Waals surface area contributed by atoms with Gasteiger partial charge in [-0.15, -0.1) is 0 Å². The number of Topliss-reactive ketones (excluding diaryl/α,β-unsaturated/α-hetero) is 1. The topological polar surface area (TPSA) is 97.4 Å². The Morgan fingerprint density at radius 3 is 2.31 bits per heavy atom. The average molecular weight is 402 g/mol. The number of carbonyl (C=O) groups excluding carboxylic acids is 3. The molecular formula is C21H22O8. The predicted molar refractivity (Wildman–Crippen MR) is 100 cm³/mol. The zero-order valence-electron chi connectivity index (χ0n) is 16.2. The summed E-state index contributed by atoms with van der Waals surface area (Å²) >= 11 is 0. The molecule has 2 aliphatic rings. The van der Waals surface area contributed by atoms with Gasteiger partial charge in [0, 0.05) is 6.08 Å². The number of ketones is 1. The highest BCUT2D eigenvalue weighted by atomic mass is 16.7. The summed E-state index contributed by atoms with van der Waals surface area (Å²) in [5.41, 5.74) is 0.766. The van der Waals surface area contributed by atoms with E-state index in [0.29, 0.717) is 23.7 Å². The van der Waals surface area contributed by atoms with Gasteiger partial charge in [-0.05, 0) is 44.0 Å². The Balaban J connectivity index is 1.64. The lowest BCUT2D eigenvalue weighted by atomic mass is 9.81. The fourth-order valence-corrected chi connectivity index (χ4v) is 3.14. The van der Waals surface area contributed by atoms with Gasteiger partial charge in [0.15, 0.2) is 5.78 Å². The molecular weight excluding hydrogens is 380 g/mol. The molecule has 0 N–H and O–H groups in total. The highest BCUT2D eigenvalue weighted by Gasteiger charge is 2.38. The van der Waals surface area contributed by atoms with Crippen LogP contribution in [0.1, 0.15) is 31.7 Å². The van der Waals surface area contributed by atoms with Crippen molar-refractivity contribution in [2.45, 2.75) is 26.2 Å². The maximum Gasteiger partial charge on any atom is 0.513 e. The van der Waals surface area contributed by atoms with Gasteiger partial charge in [0.1, 0.15) is 23.9 Å². The Morgan fingerprint density at radius 2 is 1.66 bits per heavy atom. The third-order valence-electron chi connectivity index (χ3n) is 4.50. The van der Waals surface area contributed by atoms with Gasteiger partial charge >= 0.3 is 12.3 Å². The second-order valence-electron chi connectivity index (χ2n) is 6.35. The molecule has 1 aromatic rings. The van der Waals surface area contributed by atoms with Crippen molar-refractivity contribution in [3.63, 3.8) is 0 Å². The summed E-state index contributed by atoms with van der Waals surface area (Å²) in [6, 6.07) is 6.67. The van der Waals surface area contributed by atoms with E-state index in [9.17, 15) is 14.4 Å². The Labute approximate surface area is 168 Å². The SMILES string of the molecule is CCOC(=O)OC1=CCC2C(=O)C(c3ccc(OC(=O)OCC)cc3)COC2=C1. The molecule has 1 aromatic carbocycles. The summed E-state index contributed by atoms with van der Waals surface area (Å²) in [4.78, 5) is 35.8. The lowest BCUT2D eigenvalue weighted by molar-refractivity contribution is -0.128. The van der Waals surface area contributed by atoms with Crippen LogP contribution in [-0.2, 0) is 23.7 Å². The van der Waals surface area contributed by atoms with Crippen molar-refractivity contribution < 1.29 is 38.1 Å². The molecule has 8 nitrogen and oxygen atoms in total. The van der Waals surface area contributed by atoms with Crippen LogP contribution in [0.5, 0.6) is 5.75 Å². The molecule has 3 rings (SSSR count). The predicted octanol–water partition coefficient (Wildman–Crippen LogP) is 3.87. The Bertz CT molecular complexity index is 837. The first-order valence-corrected chi connectivity index (χ1v) is 9.39. The van der Waals surface area contributed by atoms with Crippen molar-refractivity contribution >= 4 is 18.1 Å². The van der Waals surface area contributed by atoms with E-state index in [1.807, 2.05) is 0 Å². The van der Waals surface area contributed by atoms with E-state index in [2.05, 4.69) is 0 Å². The molecule has 1 aliphatic heterocycles. The van der Waals surface area contributed by atoms with Crippen LogP contribution in [0.2, 0.25) is 0 Å². The van der Waals surface area contributed by atoms with Crippen LogP contribution in [0, 0.1) is 5.92 Å². The van der Waals surface area contributed by atoms with Crippen molar-refractivity contribution in [3.8, 4) is 5.75 Å². The zero-order chi connectivity index (χ0) is 20.8. The van der Waals surface area contributed by atoms with E-state index in [-0.39, 0.29) is 25.6 Å². The van der Waals surface area contributed by atoms with Crippen LogP contribution in [0.15, 0.2) is 47.9 Å². The van der Waals surface area contributed by atoms with Gasteiger partial charge in [-0.2, -0.15) is 0 Å². The van der Waals surface area contributed by atoms with Crippen molar-refractivity contribution in [2.75, 3.05) is 19.8 Å². The number of fused-ring (bicyclic) bond motifs is 1. The summed E-state index contributed by atoms with van der Waals surface area (Å²) in [6.45, 7) is 3.98. The summed E-state index contributed by atoms with van der Waals surface area (Å²) < 4.78 is 25.3. The molecule has 1 aliphatic carbocycles. The third-order valence-corrected chi connectivity index (χ3v) is 4.50. The van der Waals surface area contributed by atoms with Crippen molar-refractivity contribution in [3.05, 3.63) is 53.5 Å². The van der Waals surface area contributed by atoms with E-state index in [1.54, 1.807) is 50.3 Å². The molecule has 2 atom stereocenters. The van der Waals surface area contributed by atoms with Gasteiger partial charge in [-0.25, -0.2) is 9.59 Å². The van der Waals surface area contributed by atoms with Gasteiger partial charge < -0.3 is 23.7 Å². The number of allylic oxidation sites excluding steroid dienone is 3. The van der Waals surface area contributed by atoms with E-state index in [1.165, 1.54) is 0 Å². The Morgan fingerprint density at radius 1 is 1.00 bits per heavy atom. The van der Waals surface area contributed by atoms with E-state index in [4.69, 9.17) is 23.7 Å². The molecule has 2 unspecified atom stereocenters. The Hall–Kier alpha value is -3.29. The fraction of sp³-hybridized carbons (Fsp3) is 0.381. The highest BCUT2D eigenvalue weighted by Crippen LogP contribution is 2.37. The van der Waals surface area contributed by atoms with Crippen LogP contribution in [-0.4, -0.2) is 37.9 Å². The van der Waals surface area contributed by atoms with Gasteiger partial charge in [0.2, 0.25) is 0 Å². The summed E-state index contributed by atoms with van der Waals surface area (Å²) in [6.07, 6.45) is 2.03. The summed E-state index contributed by atoms with van der Waals surface area (Å²) in [5.74, 6) is 0.275. The molecule has 0 bridgehead atoms. The van der Waals surface area contributed by atoms with Crippen LogP contribution < -0.4 is 4.74 Å². The monoisotopic (exact) mass is 402 g/mol. The molecule has 0 amide bonds. The lowest BCUT2D eigenvalue weighted by Gasteiger charge is -2.32. The number of rotatable bonds is 5. The summed E-state index contributed by atoms with van der Waals surface area (Å²) in [5, 5.41) is 0. The molecule has 1 heterocycles. The van der Waals surface area contributed by atoms with Crippen LogP contribution >= 0.6 is 0 Å². The standard InChI is InChI=1S/C21H22O8/c1-3-25-20(23)28-14-7-5-13(6-8-14)17-12-27-18-11-15(29-21(24)26-4-2)9-10-16(18)19(17)22/h5-9,11,16-17H,3-4,10,12H2,1-2H3. The van der Waals surface area contributed by atoms with Crippen molar-refractivity contribution in [1.29, 1.82) is 0 Å². The van der Waals surface area contributed by atoms with E-state index >= 15 is 0 Å². The molecule has 0 saturated carbocycles. The first kappa shape index (κ1) is 20.4. The van der Waals surface area contributed by atoms with Crippen molar-refractivity contribution in [1.82, 2.24) is 0 Å². The van der Waals surface area contributed by atoms with Crippen LogP contribution in [0.25, 0.3) is 0 Å². The van der Waals surface area contributed by atoms with Gasteiger partial charge in [0.25, 0.3) is 0 Å². The smallest absolute Gasteiger partial charge is 0.496 e. The largest absolute Gasteiger partial charge is 0.513 e. The third kappa shape index (κ3) is 4.96. The fourth-order valence-electron chi connectivity index (χ4n) is 3.14. The minimum Gasteiger partial charge on any atom is -0.496 e. The van der Waals surface area contributed by atoms with E-state index in [0.717, 1.165) is 5.56 Å². The van der Waals surface area contributed by atoms with Crippen molar-refractivity contribution in [2.24, 2.45) is 5.92 Å². The first-order valence-electron chi connectivity index (χ1n) is 9.39. The quantitative estimate of drug-likeness (QED) is 0.541. The second kappa shape index (κ2) is 9.27. The maximum absolute atomic E-state index is 13.0. The normalized spacial score (nSPS) is 20.4. The minimum absolute atomic E-state index is 0.0213. The lowest BCUT2D eigenvalue weighted by Crippen LogP contribution is -2.34. The van der Waals surface area contributed by atoms with E-state index < -0.39 is 24.1 Å². The molecule has 1 fully saturated rings. The Kier molecular flexibility index (Phi) is 6.54. The van der Waals surface area contributed by atoms with Gasteiger partial charge in [-0.3, -0.25) is 4.79 Å². The molecule has 0 aromatic heterocycles. The van der Waals surface area contributed by atoms with Gasteiger partial charge in [-0.1, -0.05) is 12.1 Å². The van der Waals surface area contributed by atoms with Gasteiger partial charge in [0.05, 0.1) is 25.0 Å².